The number of carbonyl (C=O) groups is 2. The Kier molecular flexibility index (Phi) is 7.06. The van der Waals surface area contributed by atoms with Crippen LogP contribution in [0.4, 0.5) is 22.0 Å². The zero-order valence-electron chi connectivity index (χ0n) is 21.0. The number of fused-ring (bicyclic) bond motifs is 1. The second kappa shape index (κ2) is 10.2. The van der Waals surface area contributed by atoms with Crippen LogP contribution in [-0.2, 0) is 11.2 Å². The summed E-state index contributed by atoms with van der Waals surface area (Å²) < 4.78 is 73.6. The van der Waals surface area contributed by atoms with Crippen molar-refractivity contribution in [2.45, 2.75) is 63.6 Å². The maximum atomic E-state index is 13.9. The van der Waals surface area contributed by atoms with E-state index in [1.54, 1.807) is 25.3 Å². The number of aryl methyl sites for hydroxylation is 1. The van der Waals surface area contributed by atoms with Gasteiger partial charge in [-0.05, 0) is 44.2 Å². The first-order valence-corrected chi connectivity index (χ1v) is 12.7. The van der Waals surface area contributed by atoms with E-state index in [1.165, 1.54) is 10.8 Å². The Morgan fingerprint density at radius 2 is 2.03 bits per heavy atom. The van der Waals surface area contributed by atoms with Crippen molar-refractivity contribution in [2.24, 2.45) is 17.8 Å². The SMILES string of the molecule is Cc1nocc1C(=O)N[C@H](c1cn2nc(CC3C[C@@H](C(F)(F)F)CNC3=O)ccc2n1)C1CCC(F)(F)CC1. The number of hydrogen-bond acceptors (Lipinski definition) is 6. The summed E-state index contributed by atoms with van der Waals surface area (Å²) in [7, 11) is 0. The van der Waals surface area contributed by atoms with Crippen LogP contribution < -0.4 is 10.6 Å². The van der Waals surface area contributed by atoms with Gasteiger partial charge in [-0.1, -0.05) is 5.16 Å². The number of halogens is 5. The van der Waals surface area contributed by atoms with Gasteiger partial charge in [-0.25, -0.2) is 18.3 Å². The standard InChI is InChI=1S/C25H27F5N6O3/c1-13-18(12-39-35-13)23(38)33-21(14-4-6-24(26,27)7-5-14)19-11-36-20(32-19)3-2-17(34-36)9-15-8-16(25(28,29)30)10-31-22(15)37/h2-3,11-12,14-16,21H,4-10H2,1H3,(H,31,37)(H,33,38)/t15?,16-,21+/m1/s1. The molecule has 2 aliphatic rings. The smallest absolute Gasteiger partial charge is 0.364 e. The van der Waals surface area contributed by atoms with Gasteiger partial charge < -0.3 is 15.2 Å². The molecule has 2 amide bonds. The van der Waals surface area contributed by atoms with Gasteiger partial charge in [0, 0.05) is 31.7 Å². The number of nitrogens with zero attached hydrogens (tertiary/aromatic N) is 4. The van der Waals surface area contributed by atoms with Crippen molar-refractivity contribution >= 4 is 17.5 Å². The monoisotopic (exact) mass is 554 g/mol. The molecule has 1 aliphatic carbocycles. The molecule has 4 heterocycles. The predicted octanol–water partition coefficient (Wildman–Crippen LogP) is 4.18. The number of amides is 2. The second-order valence-corrected chi connectivity index (χ2v) is 10.4. The number of hydrogen-bond donors (Lipinski definition) is 2. The first-order chi connectivity index (χ1) is 18.4. The van der Waals surface area contributed by atoms with E-state index in [-0.39, 0.29) is 50.0 Å². The van der Waals surface area contributed by atoms with Crippen molar-refractivity contribution in [1.29, 1.82) is 0 Å². The molecule has 1 aliphatic heterocycles. The van der Waals surface area contributed by atoms with Gasteiger partial charge in [0.25, 0.3) is 5.91 Å². The molecule has 1 saturated heterocycles. The summed E-state index contributed by atoms with van der Waals surface area (Å²) in [5.41, 5.74) is 1.80. The summed E-state index contributed by atoms with van der Waals surface area (Å²) >= 11 is 0. The lowest BCUT2D eigenvalue weighted by molar-refractivity contribution is -0.183. The largest absolute Gasteiger partial charge is 0.393 e. The van der Waals surface area contributed by atoms with Crippen molar-refractivity contribution < 1.29 is 36.1 Å². The van der Waals surface area contributed by atoms with Crippen LogP contribution in [0.2, 0.25) is 0 Å². The molecule has 0 spiro atoms. The predicted molar refractivity (Wildman–Crippen MR) is 126 cm³/mol. The minimum Gasteiger partial charge on any atom is -0.364 e. The highest BCUT2D eigenvalue weighted by Gasteiger charge is 2.45. The molecule has 1 saturated carbocycles. The summed E-state index contributed by atoms with van der Waals surface area (Å²) in [6, 6.07) is 2.50. The van der Waals surface area contributed by atoms with Gasteiger partial charge in [0.1, 0.15) is 11.8 Å². The van der Waals surface area contributed by atoms with Crippen LogP contribution >= 0.6 is 0 Å². The lowest BCUT2D eigenvalue weighted by Crippen LogP contribution is -2.47. The van der Waals surface area contributed by atoms with E-state index in [2.05, 4.69) is 25.9 Å². The van der Waals surface area contributed by atoms with Crippen molar-refractivity contribution in [1.82, 2.24) is 30.4 Å². The van der Waals surface area contributed by atoms with Gasteiger partial charge in [0.2, 0.25) is 11.8 Å². The van der Waals surface area contributed by atoms with Crippen LogP contribution in [0, 0.1) is 24.7 Å². The maximum absolute atomic E-state index is 13.9. The van der Waals surface area contributed by atoms with Gasteiger partial charge >= 0.3 is 6.18 Å². The summed E-state index contributed by atoms with van der Waals surface area (Å²) in [5.74, 6) is -6.52. The number of aromatic nitrogens is 4. The third kappa shape index (κ3) is 5.88. The molecule has 3 aromatic rings. The average molecular weight is 555 g/mol. The van der Waals surface area contributed by atoms with Gasteiger partial charge in [-0.3, -0.25) is 9.59 Å². The molecule has 39 heavy (non-hydrogen) atoms. The van der Waals surface area contributed by atoms with Crippen LogP contribution in [0.1, 0.15) is 65.6 Å². The molecule has 5 rings (SSSR count). The Bertz CT molecular complexity index is 1360. The molecular formula is C25H27F5N6O3. The molecule has 1 unspecified atom stereocenters. The molecular weight excluding hydrogens is 527 g/mol. The van der Waals surface area contributed by atoms with Crippen molar-refractivity contribution in [2.75, 3.05) is 6.54 Å². The fraction of sp³-hybridized carbons (Fsp3) is 0.560. The van der Waals surface area contributed by atoms with Crippen LogP contribution in [-0.4, -0.2) is 50.2 Å². The van der Waals surface area contributed by atoms with Crippen LogP contribution in [0.3, 0.4) is 0 Å². The molecule has 9 nitrogen and oxygen atoms in total. The minimum absolute atomic E-state index is 0.00645. The molecule has 0 aromatic carbocycles. The zero-order chi connectivity index (χ0) is 27.9. The van der Waals surface area contributed by atoms with E-state index in [0.29, 0.717) is 22.7 Å². The normalized spacial score (nSPS) is 23.0. The highest BCUT2D eigenvalue weighted by atomic mass is 19.4. The number of alkyl halides is 5. The van der Waals surface area contributed by atoms with E-state index in [1.807, 2.05) is 0 Å². The van der Waals surface area contributed by atoms with Gasteiger partial charge in [0.15, 0.2) is 5.65 Å². The first-order valence-electron chi connectivity index (χ1n) is 12.7. The van der Waals surface area contributed by atoms with E-state index in [0.717, 1.165) is 0 Å². The van der Waals surface area contributed by atoms with Crippen LogP contribution in [0.25, 0.3) is 5.65 Å². The van der Waals surface area contributed by atoms with E-state index >= 15 is 0 Å². The average Bonchev–Trinajstić information content (AvgIpc) is 3.49. The molecule has 0 bridgehead atoms. The Morgan fingerprint density at radius 1 is 1.28 bits per heavy atom. The quantitative estimate of drug-likeness (QED) is 0.442. The Hall–Kier alpha value is -3.58. The van der Waals surface area contributed by atoms with Crippen LogP contribution in [0.5, 0.6) is 0 Å². The number of rotatable bonds is 6. The fourth-order valence-corrected chi connectivity index (χ4v) is 5.34. The molecule has 3 atom stereocenters. The Labute approximate surface area is 219 Å². The highest BCUT2D eigenvalue weighted by molar-refractivity contribution is 5.95. The van der Waals surface area contributed by atoms with Crippen LogP contribution in [0.15, 0.2) is 29.1 Å². The zero-order valence-corrected chi connectivity index (χ0v) is 21.0. The number of piperidine rings is 1. The summed E-state index contributed by atoms with van der Waals surface area (Å²) in [6.07, 6.45) is -2.23. The molecule has 14 heteroatoms. The van der Waals surface area contributed by atoms with Crippen molar-refractivity contribution in [3.05, 3.63) is 47.2 Å². The number of carbonyl (C=O) groups excluding carboxylic acids is 2. The topological polar surface area (TPSA) is 114 Å². The van der Waals surface area contributed by atoms with Gasteiger partial charge in [0.05, 0.1) is 35.2 Å². The molecule has 3 aromatic heterocycles. The molecule has 2 N–H and O–H groups in total. The molecule has 210 valence electrons. The maximum Gasteiger partial charge on any atom is 0.393 e. The van der Waals surface area contributed by atoms with E-state index in [4.69, 9.17) is 4.52 Å². The number of nitrogens with one attached hydrogen (secondary N) is 2. The van der Waals surface area contributed by atoms with Crippen molar-refractivity contribution in [3.8, 4) is 0 Å². The molecule has 2 fully saturated rings. The third-order valence-electron chi connectivity index (χ3n) is 7.61. The summed E-state index contributed by atoms with van der Waals surface area (Å²) in [4.78, 5) is 29.8. The van der Waals surface area contributed by atoms with Gasteiger partial charge in [-0.15, -0.1) is 0 Å². The second-order valence-electron chi connectivity index (χ2n) is 10.4. The lowest BCUT2D eigenvalue weighted by Gasteiger charge is -2.33. The fourth-order valence-electron chi connectivity index (χ4n) is 5.34. The third-order valence-corrected chi connectivity index (χ3v) is 7.61. The summed E-state index contributed by atoms with van der Waals surface area (Å²) in [5, 5.41) is 13.4. The van der Waals surface area contributed by atoms with Gasteiger partial charge in [-0.2, -0.15) is 18.3 Å². The Morgan fingerprint density at radius 3 is 2.69 bits per heavy atom. The summed E-state index contributed by atoms with van der Waals surface area (Å²) in [6.45, 7) is 1.17. The number of imidazole rings is 1. The van der Waals surface area contributed by atoms with Crippen molar-refractivity contribution in [3.63, 3.8) is 0 Å². The first kappa shape index (κ1) is 27.0. The Balaban J connectivity index is 1.39. The van der Waals surface area contributed by atoms with E-state index < -0.39 is 48.3 Å². The van der Waals surface area contributed by atoms with E-state index in [9.17, 15) is 31.5 Å². The minimum atomic E-state index is -4.41. The molecule has 0 radical (unpaired) electrons. The highest BCUT2D eigenvalue weighted by Crippen LogP contribution is 2.41. The lowest BCUT2D eigenvalue weighted by atomic mass is 9.81.